The molecular weight excluding hydrogens is 491 g/mol. The lowest BCUT2D eigenvalue weighted by molar-refractivity contribution is 0.0527. The molecule has 1 aliphatic carbocycles. The van der Waals surface area contributed by atoms with E-state index >= 15 is 0 Å². The first-order chi connectivity index (χ1) is 16.5. The molecule has 1 N–H and O–H groups in total. The van der Waals surface area contributed by atoms with Gasteiger partial charge in [-0.15, -0.1) is 11.3 Å². The molecule has 0 atom stereocenters. The Labute approximate surface area is 210 Å². The van der Waals surface area contributed by atoms with E-state index in [1.165, 1.54) is 11.3 Å². The molecule has 0 spiro atoms. The number of nitrogens with zero attached hydrogens (tertiary/aromatic N) is 1. The summed E-state index contributed by atoms with van der Waals surface area (Å²) in [6, 6.07) is 14.3. The number of esters is 1. The van der Waals surface area contributed by atoms with E-state index in [4.69, 9.17) is 32.9 Å². The van der Waals surface area contributed by atoms with E-state index < -0.39 is 5.97 Å². The molecule has 8 heteroatoms. The summed E-state index contributed by atoms with van der Waals surface area (Å²) in [6.45, 7) is 2.05. The molecular formula is C26H20Cl2N2O3S. The zero-order valence-electron chi connectivity index (χ0n) is 18.3. The number of ether oxygens (including phenoxy) is 1. The van der Waals surface area contributed by atoms with Gasteiger partial charge in [0.05, 0.1) is 34.0 Å². The first kappa shape index (κ1) is 22.8. The van der Waals surface area contributed by atoms with E-state index in [9.17, 15) is 9.59 Å². The molecule has 2 aromatic heterocycles. The molecule has 0 saturated heterocycles. The third kappa shape index (κ3) is 4.17. The highest BCUT2D eigenvalue weighted by molar-refractivity contribution is 7.17. The van der Waals surface area contributed by atoms with E-state index in [0.717, 1.165) is 29.7 Å². The van der Waals surface area contributed by atoms with Gasteiger partial charge in [-0.2, -0.15) is 0 Å². The first-order valence-corrected chi connectivity index (χ1v) is 12.5. The summed E-state index contributed by atoms with van der Waals surface area (Å²) in [5.74, 6) is -0.721. The highest BCUT2D eigenvalue weighted by Crippen LogP contribution is 2.40. The average Bonchev–Trinajstić information content (AvgIpc) is 3.39. The topological polar surface area (TPSA) is 68.3 Å². The third-order valence-electron chi connectivity index (χ3n) is 5.80. The fraction of sp³-hybridized carbons (Fsp3) is 0.192. The van der Waals surface area contributed by atoms with Gasteiger partial charge in [0.1, 0.15) is 5.00 Å². The molecule has 0 saturated carbocycles. The van der Waals surface area contributed by atoms with Gasteiger partial charge >= 0.3 is 5.97 Å². The largest absolute Gasteiger partial charge is 0.462 e. The highest BCUT2D eigenvalue weighted by Gasteiger charge is 2.29. The number of fused-ring (bicyclic) bond motifs is 2. The minimum Gasteiger partial charge on any atom is -0.462 e. The predicted octanol–water partition coefficient (Wildman–Crippen LogP) is 7.19. The number of anilines is 1. The number of carbonyl (C=O) groups is 2. The van der Waals surface area contributed by atoms with Gasteiger partial charge in [-0.25, -0.2) is 9.78 Å². The van der Waals surface area contributed by atoms with E-state index in [0.29, 0.717) is 48.3 Å². The standard InChI is InChI=1S/C26H20Cl2N2O3S/c1-2-33-26(32)23-17-7-5-9-22(17)34-25(23)30-24(31)18-13-21(16-11-10-14(27)12-19(16)28)29-20-8-4-3-6-15(18)20/h3-4,6,8,10-13H,2,5,7,9H2,1H3,(H,30,31). The summed E-state index contributed by atoms with van der Waals surface area (Å²) in [5, 5.41) is 5.18. The minimum atomic E-state index is -0.398. The van der Waals surface area contributed by atoms with Crippen LogP contribution in [0.1, 0.15) is 44.5 Å². The van der Waals surface area contributed by atoms with Crippen molar-refractivity contribution in [2.24, 2.45) is 0 Å². The van der Waals surface area contributed by atoms with Crippen LogP contribution in [0.25, 0.3) is 22.2 Å². The molecule has 0 radical (unpaired) electrons. The van der Waals surface area contributed by atoms with Crippen LogP contribution in [-0.4, -0.2) is 23.5 Å². The van der Waals surface area contributed by atoms with E-state index in [2.05, 4.69) is 5.32 Å². The molecule has 1 amide bonds. The second-order valence-electron chi connectivity index (χ2n) is 7.93. The summed E-state index contributed by atoms with van der Waals surface area (Å²) < 4.78 is 5.29. The Morgan fingerprint density at radius 3 is 2.74 bits per heavy atom. The summed E-state index contributed by atoms with van der Waals surface area (Å²) in [4.78, 5) is 32.1. The highest BCUT2D eigenvalue weighted by atomic mass is 35.5. The Hall–Kier alpha value is -2.93. The normalized spacial score (nSPS) is 12.6. The molecule has 0 unspecified atom stereocenters. The van der Waals surface area contributed by atoms with Gasteiger partial charge in [0.15, 0.2) is 0 Å². The van der Waals surface area contributed by atoms with Crippen molar-refractivity contribution in [1.29, 1.82) is 0 Å². The average molecular weight is 511 g/mol. The Morgan fingerprint density at radius 2 is 1.94 bits per heavy atom. The number of thiophene rings is 1. The van der Waals surface area contributed by atoms with Crippen LogP contribution in [0.2, 0.25) is 10.0 Å². The molecule has 2 aromatic carbocycles. The van der Waals surface area contributed by atoms with Gasteiger partial charge in [0.2, 0.25) is 0 Å². The fourth-order valence-electron chi connectivity index (χ4n) is 4.28. The minimum absolute atomic E-state index is 0.275. The van der Waals surface area contributed by atoms with Crippen molar-refractivity contribution in [3.8, 4) is 11.3 Å². The van der Waals surface area contributed by atoms with Crippen LogP contribution < -0.4 is 5.32 Å². The van der Waals surface area contributed by atoms with Crippen molar-refractivity contribution in [2.75, 3.05) is 11.9 Å². The Balaban J connectivity index is 1.59. The molecule has 34 heavy (non-hydrogen) atoms. The molecule has 1 aliphatic rings. The lowest BCUT2D eigenvalue weighted by Crippen LogP contribution is -2.16. The molecule has 5 nitrogen and oxygen atoms in total. The molecule has 4 aromatic rings. The number of aromatic nitrogens is 1. The second kappa shape index (κ2) is 9.37. The lowest BCUT2D eigenvalue weighted by atomic mass is 10.0. The first-order valence-electron chi connectivity index (χ1n) is 10.9. The van der Waals surface area contributed by atoms with Crippen molar-refractivity contribution in [1.82, 2.24) is 4.98 Å². The molecule has 0 bridgehead atoms. The van der Waals surface area contributed by atoms with Crippen LogP contribution in [0.15, 0.2) is 48.5 Å². The molecule has 2 heterocycles. The van der Waals surface area contributed by atoms with Crippen molar-refractivity contribution in [3.05, 3.63) is 80.1 Å². The van der Waals surface area contributed by atoms with Crippen LogP contribution >= 0.6 is 34.5 Å². The number of benzene rings is 2. The number of nitrogens with one attached hydrogen (secondary N) is 1. The van der Waals surface area contributed by atoms with Gasteiger partial charge in [-0.3, -0.25) is 4.79 Å². The predicted molar refractivity (Wildman–Crippen MR) is 137 cm³/mol. The Kier molecular flexibility index (Phi) is 6.30. The maximum atomic E-state index is 13.6. The van der Waals surface area contributed by atoms with Crippen LogP contribution in [0, 0.1) is 0 Å². The quantitative estimate of drug-likeness (QED) is 0.288. The monoisotopic (exact) mass is 510 g/mol. The summed E-state index contributed by atoms with van der Waals surface area (Å²) in [7, 11) is 0. The van der Waals surface area contributed by atoms with E-state index in [1.54, 1.807) is 31.2 Å². The summed E-state index contributed by atoms with van der Waals surface area (Å²) in [5.41, 5.74) is 3.81. The van der Waals surface area contributed by atoms with Gasteiger partial charge in [0, 0.05) is 20.8 Å². The van der Waals surface area contributed by atoms with E-state index in [-0.39, 0.29) is 12.5 Å². The van der Waals surface area contributed by atoms with Gasteiger partial charge < -0.3 is 10.1 Å². The third-order valence-corrected chi connectivity index (χ3v) is 7.55. The fourth-order valence-corrected chi connectivity index (χ4v) is 6.06. The molecule has 172 valence electrons. The van der Waals surface area contributed by atoms with Gasteiger partial charge in [-0.1, -0.05) is 41.4 Å². The number of pyridine rings is 1. The number of rotatable bonds is 5. The lowest BCUT2D eigenvalue weighted by Gasteiger charge is -2.12. The maximum Gasteiger partial charge on any atom is 0.341 e. The van der Waals surface area contributed by atoms with Gasteiger partial charge in [0.25, 0.3) is 5.91 Å². The maximum absolute atomic E-state index is 13.6. The van der Waals surface area contributed by atoms with Crippen LogP contribution in [0.4, 0.5) is 5.00 Å². The molecule has 5 rings (SSSR count). The zero-order valence-corrected chi connectivity index (χ0v) is 20.6. The number of carbonyl (C=O) groups excluding carboxylic acids is 2. The van der Waals surface area contributed by atoms with Crippen molar-refractivity contribution in [2.45, 2.75) is 26.2 Å². The van der Waals surface area contributed by atoms with Crippen molar-refractivity contribution in [3.63, 3.8) is 0 Å². The number of halogens is 2. The number of para-hydroxylation sites is 1. The van der Waals surface area contributed by atoms with E-state index in [1.807, 2.05) is 24.3 Å². The smallest absolute Gasteiger partial charge is 0.341 e. The SMILES string of the molecule is CCOC(=O)c1c(NC(=O)c2cc(-c3ccc(Cl)cc3Cl)nc3ccccc23)sc2c1CCC2. The summed E-state index contributed by atoms with van der Waals surface area (Å²) in [6.07, 6.45) is 2.72. The number of amides is 1. The van der Waals surface area contributed by atoms with Crippen LogP contribution in [0.5, 0.6) is 0 Å². The number of aryl methyl sites for hydroxylation is 1. The summed E-state index contributed by atoms with van der Waals surface area (Å²) >= 11 is 13.9. The van der Waals surface area contributed by atoms with Gasteiger partial charge in [-0.05, 0) is 62.1 Å². The zero-order chi connectivity index (χ0) is 23.8. The van der Waals surface area contributed by atoms with Crippen LogP contribution in [-0.2, 0) is 17.6 Å². The van der Waals surface area contributed by atoms with Crippen LogP contribution in [0.3, 0.4) is 0 Å². The Bertz CT molecular complexity index is 1450. The Morgan fingerprint density at radius 1 is 1.12 bits per heavy atom. The molecule has 0 fully saturated rings. The molecule has 0 aliphatic heterocycles. The number of hydrogen-bond acceptors (Lipinski definition) is 5. The number of hydrogen-bond donors (Lipinski definition) is 1. The van der Waals surface area contributed by atoms with Crippen molar-refractivity contribution >= 4 is 62.3 Å². The van der Waals surface area contributed by atoms with Crippen molar-refractivity contribution < 1.29 is 14.3 Å². The second-order valence-corrected chi connectivity index (χ2v) is 9.88.